The van der Waals surface area contributed by atoms with Gasteiger partial charge in [0.2, 0.25) is 0 Å². The topological polar surface area (TPSA) is 86.7 Å². The van der Waals surface area contributed by atoms with Crippen molar-refractivity contribution in [2.75, 3.05) is 0 Å². The second-order valence-electron chi connectivity index (χ2n) is 7.73. The minimum Gasteiger partial charge on any atom is -0.872 e. The molecule has 1 N–H and O–H groups in total. The van der Waals surface area contributed by atoms with Gasteiger partial charge in [-0.25, -0.2) is 0 Å². The minimum atomic E-state index is -4.53. The Balaban J connectivity index is 0.00000480. The molecule has 0 bridgehead atoms. The molecule has 2 aromatic carbocycles. The summed E-state index contributed by atoms with van der Waals surface area (Å²) in [6, 6.07) is 11.0. The van der Waals surface area contributed by atoms with E-state index in [0.29, 0.717) is 17.7 Å². The second kappa shape index (κ2) is 14.9. The van der Waals surface area contributed by atoms with Crippen LogP contribution < -0.4 is 39.4 Å². The Morgan fingerprint density at radius 2 is 1.42 bits per heavy atom. The Morgan fingerprint density at radius 3 is 1.97 bits per heavy atom. The molecule has 0 saturated heterocycles. The molecule has 0 unspecified atom stereocenters. The molecule has 7 heteroatoms. The number of benzene rings is 2. The number of hydrogen-bond acceptors (Lipinski definition) is 4. The SMILES string of the molecule is CCCCCCCCCCCCc1cc([O-])cc(Oc2ccccc2)c1S(=O)(=O)O.[Na+]. The van der Waals surface area contributed by atoms with Crippen LogP contribution in [0.5, 0.6) is 17.2 Å². The fraction of sp³-hybridized carbons (Fsp3) is 0.500. The summed E-state index contributed by atoms with van der Waals surface area (Å²) in [7, 11) is -4.53. The van der Waals surface area contributed by atoms with E-state index in [1.165, 1.54) is 51.0 Å². The van der Waals surface area contributed by atoms with Crippen LogP contribution in [0.4, 0.5) is 0 Å². The summed E-state index contributed by atoms with van der Waals surface area (Å²) in [5, 5.41) is 12.1. The van der Waals surface area contributed by atoms with Gasteiger partial charge in [0.25, 0.3) is 10.1 Å². The molecular weight excluding hydrogens is 423 g/mol. The van der Waals surface area contributed by atoms with Gasteiger partial charge in [-0.2, -0.15) is 8.42 Å². The van der Waals surface area contributed by atoms with Crippen molar-refractivity contribution in [2.45, 2.75) is 82.4 Å². The van der Waals surface area contributed by atoms with Crippen molar-refractivity contribution < 1.29 is 52.4 Å². The van der Waals surface area contributed by atoms with Crippen molar-refractivity contribution in [3.05, 3.63) is 48.0 Å². The zero-order chi connectivity index (χ0) is 21.8. The summed E-state index contributed by atoms with van der Waals surface area (Å²) < 4.78 is 39.5. The van der Waals surface area contributed by atoms with E-state index in [2.05, 4.69) is 6.92 Å². The molecule has 5 nitrogen and oxygen atoms in total. The fourth-order valence-electron chi connectivity index (χ4n) is 3.60. The third kappa shape index (κ3) is 10.4. The summed E-state index contributed by atoms with van der Waals surface area (Å²) >= 11 is 0. The first-order valence-electron chi connectivity index (χ1n) is 11.0. The smallest absolute Gasteiger partial charge is 0.872 e. The van der Waals surface area contributed by atoms with Gasteiger partial charge in [0.05, 0.1) is 0 Å². The maximum absolute atomic E-state index is 12.1. The van der Waals surface area contributed by atoms with Crippen LogP contribution in [0.3, 0.4) is 0 Å². The Kier molecular flexibility index (Phi) is 13.5. The Hall–Kier alpha value is -1.05. The van der Waals surface area contributed by atoms with E-state index in [1.807, 2.05) is 0 Å². The van der Waals surface area contributed by atoms with E-state index in [1.54, 1.807) is 30.3 Å². The molecule has 0 aromatic heterocycles. The zero-order valence-corrected chi connectivity index (χ0v) is 21.6. The second-order valence-corrected chi connectivity index (χ2v) is 9.09. The van der Waals surface area contributed by atoms with Gasteiger partial charge in [-0.1, -0.05) is 89.0 Å². The van der Waals surface area contributed by atoms with Crippen LogP contribution in [0.15, 0.2) is 47.4 Å². The van der Waals surface area contributed by atoms with Crippen LogP contribution in [-0.2, 0) is 16.5 Å². The summed E-state index contributed by atoms with van der Waals surface area (Å²) in [4.78, 5) is -0.304. The van der Waals surface area contributed by atoms with Crippen molar-refractivity contribution in [1.29, 1.82) is 0 Å². The molecule has 2 rings (SSSR count). The Morgan fingerprint density at radius 1 is 0.871 bits per heavy atom. The standard InChI is InChI=1S/C24H34O5S.Na/c1-2-3-4-5-6-7-8-9-10-12-15-20-18-21(25)19-23(24(20)30(26,27)28)29-22-16-13-11-14-17-22;/h11,13-14,16-19,25H,2-10,12,15H2,1H3,(H,26,27,28);/q;+1/p-1. The maximum atomic E-state index is 12.1. The maximum Gasteiger partial charge on any atom is 1.00 e. The molecule has 0 fully saturated rings. The predicted molar refractivity (Wildman–Crippen MR) is 118 cm³/mol. The van der Waals surface area contributed by atoms with E-state index < -0.39 is 10.1 Å². The van der Waals surface area contributed by atoms with E-state index in [9.17, 15) is 18.1 Å². The van der Waals surface area contributed by atoms with Crippen LogP contribution in [0.2, 0.25) is 0 Å². The average molecular weight is 457 g/mol. The van der Waals surface area contributed by atoms with Gasteiger partial charge < -0.3 is 9.84 Å². The van der Waals surface area contributed by atoms with Gasteiger partial charge in [-0.15, -0.1) is 5.75 Å². The first-order chi connectivity index (χ1) is 14.4. The van der Waals surface area contributed by atoms with Gasteiger partial charge in [0, 0.05) is 0 Å². The Labute approximate surface area is 209 Å². The summed E-state index contributed by atoms with van der Waals surface area (Å²) in [5.41, 5.74) is 0.315. The normalized spacial score (nSPS) is 11.2. The third-order valence-corrected chi connectivity index (χ3v) is 6.11. The number of unbranched alkanes of at least 4 members (excludes halogenated alkanes) is 9. The molecule has 0 aliphatic carbocycles. The molecule has 2 aromatic rings. The molecule has 0 aliphatic rings. The third-order valence-electron chi connectivity index (χ3n) is 5.13. The molecule has 0 amide bonds. The first kappa shape index (κ1) is 28.0. The van der Waals surface area contributed by atoms with Gasteiger partial charge in [-0.05, 0) is 36.6 Å². The molecule has 0 radical (unpaired) electrons. The van der Waals surface area contributed by atoms with Crippen molar-refractivity contribution in [3.8, 4) is 17.2 Å². The van der Waals surface area contributed by atoms with Gasteiger partial charge >= 0.3 is 29.6 Å². The fourth-order valence-corrected chi connectivity index (χ4v) is 4.45. The van der Waals surface area contributed by atoms with Crippen molar-refractivity contribution in [2.24, 2.45) is 0 Å². The minimum absolute atomic E-state index is 0. The predicted octanol–water partition coefficient (Wildman–Crippen LogP) is 3.27. The molecule has 166 valence electrons. The zero-order valence-electron chi connectivity index (χ0n) is 18.8. The number of ether oxygens (including phenoxy) is 1. The number of hydrogen-bond donors (Lipinski definition) is 1. The van der Waals surface area contributed by atoms with Gasteiger partial charge in [0.1, 0.15) is 16.4 Å². The quantitative estimate of drug-likeness (QED) is 0.268. The first-order valence-corrected chi connectivity index (χ1v) is 12.4. The monoisotopic (exact) mass is 456 g/mol. The van der Waals surface area contributed by atoms with Crippen LogP contribution in [0.25, 0.3) is 0 Å². The van der Waals surface area contributed by atoms with E-state index in [-0.39, 0.29) is 46.0 Å². The Bertz CT molecular complexity index is 869. The summed E-state index contributed by atoms with van der Waals surface area (Å²) in [6.45, 7) is 2.22. The average Bonchev–Trinajstić information content (AvgIpc) is 2.69. The van der Waals surface area contributed by atoms with Crippen molar-refractivity contribution in [3.63, 3.8) is 0 Å². The van der Waals surface area contributed by atoms with E-state index in [0.717, 1.165) is 25.3 Å². The largest absolute Gasteiger partial charge is 1.00 e. The number of para-hydroxylation sites is 1. The number of rotatable bonds is 14. The molecule has 0 heterocycles. The van der Waals surface area contributed by atoms with Gasteiger partial charge in [-0.3, -0.25) is 4.55 Å². The summed E-state index contributed by atoms with van der Waals surface area (Å²) in [6.07, 6.45) is 12.0. The van der Waals surface area contributed by atoms with Crippen LogP contribution in [-0.4, -0.2) is 13.0 Å². The van der Waals surface area contributed by atoms with Crippen LogP contribution in [0, 0.1) is 0 Å². The molecule has 0 saturated carbocycles. The molecule has 31 heavy (non-hydrogen) atoms. The van der Waals surface area contributed by atoms with Crippen molar-refractivity contribution in [1.82, 2.24) is 0 Å². The van der Waals surface area contributed by atoms with Crippen LogP contribution in [0.1, 0.15) is 76.7 Å². The molecule has 0 aliphatic heterocycles. The molecule has 0 atom stereocenters. The molecule has 0 spiro atoms. The molecular formula is C24H33NaO5S. The summed E-state index contributed by atoms with van der Waals surface area (Å²) in [5.74, 6) is -0.0634. The van der Waals surface area contributed by atoms with E-state index >= 15 is 0 Å². The van der Waals surface area contributed by atoms with E-state index in [4.69, 9.17) is 4.74 Å². The number of aryl methyl sites for hydroxylation is 1. The van der Waals surface area contributed by atoms with Crippen LogP contribution >= 0.6 is 0 Å². The van der Waals surface area contributed by atoms with Crippen molar-refractivity contribution >= 4 is 10.1 Å². The van der Waals surface area contributed by atoms with Gasteiger partial charge in [0.15, 0.2) is 0 Å².